The van der Waals surface area contributed by atoms with Crippen molar-refractivity contribution in [2.45, 2.75) is 12.6 Å². The summed E-state index contributed by atoms with van der Waals surface area (Å²) in [6.07, 6.45) is 2.02. The first-order valence-electron chi connectivity index (χ1n) is 10.8. The molecule has 0 saturated heterocycles. The van der Waals surface area contributed by atoms with E-state index in [1.165, 1.54) is 0 Å². The van der Waals surface area contributed by atoms with Crippen LogP contribution in [0.4, 0.5) is 10.5 Å². The van der Waals surface area contributed by atoms with Crippen LogP contribution in [0, 0.1) is 0 Å². The Morgan fingerprint density at radius 2 is 1.50 bits per heavy atom. The van der Waals surface area contributed by atoms with E-state index in [-0.39, 0.29) is 12.1 Å². The number of amides is 2. The van der Waals surface area contributed by atoms with Gasteiger partial charge in [0.1, 0.15) is 0 Å². The average Bonchev–Trinajstić information content (AvgIpc) is 3.35. The quantitative estimate of drug-likeness (QED) is 0.562. The van der Waals surface area contributed by atoms with E-state index in [0.29, 0.717) is 47.5 Å². The van der Waals surface area contributed by atoms with Crippen LogP contribution >= 0.6 is 0 Å². The minimum Gasteiger partial charge on any atom is -0.493 e. The van der Waals surface area contributed by atoms with Crippen LogP contribution < -0.4 is 29.0 Å². The number of fused-ring (bicyclic) bond motifs is 1. The highest BCUT2D eigenvalue weighted by molar-refractivity contribution is 5.90. The molecule has 0 unspecified atom stereocenters. The van der Waals surface area contributed by atoms with E-state index in [4.69, 9.17) is 23.7 Å². The van der Waals surface area contributed by atoms with Gasteiger partial charge in [0.25, 0.3) is 0 Å². The highest BCUT2D eigenvalue weighted by Crippen LogP contribution is 2.43. The van der Waals surface area contributed by atoms with Crippen molar-refractivity contribution >= 4 is 11.7 Å². The number of benzene rings is 2. The minimum absolute atomic E-state index is 0.238. The predicted octanol–water partition coefficient (Wildman–Crippen LogP) is 4.17. The van der Waals surface area contributed by atoms with Gasteiger partial charge in [0.05, 0.1) is 41.6 Å². The molecule has 0 aliphatic carbocycles. The Hall–Kier alpha value is -4.01. The number of rotatable bonds is 7. The van der Waals surface area contributed by atoms with Gasteiger partial charge in [-0.05, 0) is 42.0 Å². The maximum atomic E-state index is 13.5. The zero-order valence-corrected chi connectivity index (χ0v) is 20.0. The molecular weight excluding hydrogens is 438 g/mol. The molecule has 0 radical (unpaired) electrons. The van der Waals surface area contributed by atoms with Crippen molar-refractivity contribution in [1.29, 1.82) is 0 Å². The lowest BCUT2D eigenvalue weighted by Gasteiger charge is -2.37. The van der Waals surface area contributed by atoms with E-state index >= 15 is 0 Å². The number of methoxy groups -OCH3 is 5. The Morgan fingerprint density at radius 1 is 0.824 bits per heavy atom. The second kappa shape index (κ2) is 9.86. The summed E-state index contributed by atoms with van der Waals surface area (Å²) in [5, 5.41) is 3.00. The number of carbonyl (C=O) groups excluding carboxylic acids is 1. The number of carbonyl (C=O) groups is 1. The van der Waals surface area contributed by atoms with Crippen molar-refractivity contribution in [1.82, 2.24) is 9.47 Å². The van der Waals surface area contributed by atoms with Gasteiger partial charge in [-0.1, -0.05) is 0 Å². The summed E-state index contributed by atoms with van der Waals surface area (Å²) in [4.78, 5) is 15.3. The van der Waals surface area contributed by atoms with E-state index in [9.17, 15) is 4.79 Å². The molecule has 1 aromatic heterocycles. The van der Waals surface area contributed by atoms with Crippen LogP contribution in [0.5, 0.6) is 28.7 Å². The molecule has 1 atom stereocenters. The van der Waals surface area contributed by atoms with Gasteiger partial charge < -0.3 is 38.5 Å². The Kier molecular flexibility index (Phi) is 6.72. The zero-order chi connectivity index (χ0) is 24.2. The highest BCUT2D eigenvalue weighted by atomic mass is 16.5. The van der Waals surface area contributed by atoms with Gasteiger partial charge in [-0.15, -0.1) is 0 Å². The molecule has 4 rings (SSSR count). The first-order valence-corrected chi connectivity index (χ1v) is 10.8. The molecule has 9 nitrogen and oxygen atoms in total. The number of ether oxygens (including phenoxy) is 5. The van der Waals surface area contributed by atoms with Crippen LogP contribution in [0.3, 0.4) is 0 Å². The van der Waals surface area contributed by atoms with Crippen LogP contribution in [-0.2, 0) is 6.54 Å². The molecule has 180 valence electrons. The van der Waals surface area contributed by atoms with E-state index in [1.807, 2.05) is 30.5 Å². The van der Waals surface area contributed by atoms with Crippen LogP contribution in [0.25, 0.3) is 0 Å². The van der Waals surface area contributed by atoms with Crippen LogP contribution in [-0.4, -0.2) is 57.6 Å². The molecular formula is C25H29N3O6. The van der Waals surface area contributed by atoms with E-state index < -0.39 is 0 Å². The summed E-state index contributed by atoms with van der Waals surface area (Å²) in [5.74, 6) is 2.68. The topological polar surface area (TPSA) is 83.4 Å². The van der Waals surface area contributed by atoms with E-state index in [1.54, 1.807) is 58.6 Å². The Bertz CT molecular complexity index is 1150. The molecule has 1 N–H and O–H groups in total. The predicted molar refractivity (Wildman–Crippen MR) is 128 cm³/mol. The third-order valence-electron chi connectivity index (χ3n) is 5.94. The molecule has 0 fully saturated rings. The van der Waals surface area contributed by atoms with Crippen LogP contribution in [0.15, 0.2) is 48.7 Å². The molecule has 0 saturated carbocycles. The lowest BCUT2D eigenvalue weighted by Crippen LogP contribution is -2.44. The monoisotopic (exact) mass is 467 g/mol. The van der Waals surface area contributed by atoms with Crippen molar-refractivity contribution in [2.24, 2.45) is 0 Å². The van der Waals surface area contributed by atoms with Crippen LogP contribution in [0.2, 0.25) is 0 Å². The minimum atomic E-state index is -0.363. The standard InChI is InChI=1S/C25H29N3O6/c1-30-19-9-8-17(15-20(19)31-2)26-25(29)28-12-11-27-10-6-7-18(27)23(28)16-13-21(32-3)24(34-5)22(14-16)33-4/h6-10,13-15,23H,11-12H2,1-5H3,(H,26,29)/t23-/m0/s1. The molecule has 0 bridgehead atoms. The molecule has 34 heavy (non-hydrogen) atoms. The van der Waals surface area contributed by atoms with Crippen molar-refractivity contribution in [2.75, 3.05) is 47.4 Å². The lowest BCUT2D eigenvalue weighted by atomic mass is 9.99. The van der Waals surface area contributed by atoms with Crippen molar-refractivity contribution < 1.29 is 28.5 Å². The molecule has 1 aliphatic heterocycles. The van der Waals surface area contributed by atoms with Gasteiger partial charge in [-0.25, -0.2) is 4.79 Å². The lowest BCUT2D eigenvalue weighted by molar-refractivity contribution is 0.181. The van der Waals surface area contributed by atoms with Gasteiger partial charge in [0.15, 0.2) is 23.0 Å². The maximum absolute atomic E-state index is 13.5. The van der Waals surface area contributed by atoms with Gasteiger partial charge in [-0.2, -0.15) is 0 Å². The Balaban J connectivity index is 1.72. The summed E-state index contributed by atoms with van der Waals surface area (Å²) in [5.41, 5.74) is 2.44. The number of nitrogens with one attached hydrogen (secondary N) is 1. The number of anilines is 1. The fraction of sp³-hybridized carbons (Fsp3) is 0.320. The van der Waals surface area contributed by atoms with Gasteiger partial charge in [0.2, 0.25) is 5.75 Å². The molecule has 9 heteroatoms. The van der Waals surface area contributed by atoms with Crippen molar-refractivity contribution in [3.63, 3.8) is 0 Å². The normalized spacial score (nSPS) is 14.7. The van der Waals surface area contributed by atoms with Crippen LogP contribution in [0.1, 0.15) is 17.3 Å². The second-order valence-electron chi connectivity index (χ2n) is 7.68. The third kappa shape index (κ3) is 4.16. The fourth-order valence-corrected chi connectivity index (χ4v) is 4.32. The number of hydrogen-bond donors (Lipinski definition) is 1. The smallest absolute Gasteiger partial charge is 0.322 e. The molecule has 2 aromatic carbocycles. The molecule has 2 heterocycles. The first kappa shape index (κ1) is 23.2. The number of aromatic nitrogens is 1. The summed E-state index contributed by atoms with van der Waals surface area (Å²) >= 11 is 0. The number of hydrogen-bond acceptors (Lipinski definition) is 6. The maximum Gasteiger partial charge on any atom is 0.322 e. The van der Waals surface area contributed by atoms with E-state index in [2.05, 4.69) is 9.88 Å². The summed E-state index contributed by atoms with van der Waals surface area (Å²) in [7, 11) is 7.84. The molecule has 3 aromatic rings. The summed E-state index contributed by atoms with van der Waals surface area (Å²) < 4.78 is 29.4. The summed E-state index contributed by atoms with van der Waals surface area (Å²) in [6.45, 7) is 1.20. The second-order valence-corrected chi connectivity index (χ2v) is 7.68. The third-order valence-corrected chi connectivity index (χ3v) is 5.94. The van der Waals surface area contributed by atoms with Gasteiger partial charge in [-0.3, -0.25) is 0 Å². The largest absolute Gasteiger partial charge is 0.493 e. The molecule has 1 aliphatic rings. The van der Waals surface area contributed by atoms with Crippen molar-refractivity contribution in [3.05, 3.63) is 59.9 Å². The average molecular weight is 468 g/mol. The highest BCUT2D eigenvalue weighted by Gasteiger charge is 2.34. The number of urea groups is 1. The number of nitrogens with zero attached hydrogens (tertiary/aromatic N) is 2. The van der Waals surface area contributed by atoms with E-state index in [0.717, 1.165) is 11.3 Å². The fourth-order valence-electron chi connectivity index (χ4n) is 4.32. The Morgan fingerprint density at radius 3 is 2.12 bits per heavy atom. The molecule has 2 amide bonds. The molecule has 0 spiro atoms. The van der Waals surface area contributed by atoms with Gasteiger partial charge in [0, 0.05) is 36.7 Å². The zero-order valence-electron chi connectivity index (χ0n) is 20.0. The Labute approximate surface area is 198 Å². The SMILES string of the molecule is COc1ccc(NC(=O)N2CCn3cccc3[C@@H]2c2cc(OC)c(OC)c(OC)c2)cc1OC. The summed E-state index contributed by atoms with van der Waals surface area (Å²) in [6, 6.07) is 12.4. The van der Waals surface area contributed by atoms with Crippen molar-refractivity contribution in [3.8, 4) is 28.7 Å². The van der Waals surface area contributed by atoms with Gasteiger partial charge >= 0.3 is 6.03 Å². The first-order chi connectivity index (χ1) is 16.5.